The number of nitrogens with zero attached hydrogens (tertiary/aromatic N) is 2. The van der Waals surface area contributed by atoms with Gasteiger partial charge in [0.05, 0.1) is 22.1 Å². The van der Waals surface area contributed by atoms with E-state index in [2.05, 4.69) is 10.4 Å². The summed E-state index contributed by atoms with van der Waals surface area (Å²) in [5.74, 6) is -0.356. The van der Waals surface area contributed by atoms with Crippen molar-refractivity contribution in [2.45, 2.75) is 27.3 Å². The lowest BCUT2D eigenvalue weighted by molar-refractivity contribution is -0.116. The van der Waals surface area contributed by atoms with Gasteiger partial charge in [0, 0.05) is 5.56 Å². The molecule has 0 saturated carbocycles. The normalized spacial score (nSPS) is 10.5. The van der Waals surface area contributed by atoms with Crippen molar-refractivity contribution in [1.82, 2.24) is 9.78 Å². The molecule has 1 aromatic heterocycles. The minimum Gasteiger partial charge on any atom is -0.324 e. The van der Waals surface area contributed by atoms with Crippen molar-refractivity contribution in [2.24, 2.45) is 0 Å². The zero-order valence-electron chi connectivity index (χ0n) is 12.1. The molecule has 0 spiro atoms. The van der Waals surface area contributed by atoms with Crippen LogP contribution in [-0.2, 0) is 11.3 Å². The number of ketones is 1. The summed E-state index contributed by atoms with van der Waals surface area (Å²) in [6, 6.07) is 6.90. The average Bonchev–Trinajstić information content (AvgIpc) is 2.66. The van der Waals surface area contributed by atoms with Crippen LogP contribution in [0.3, 0.4) is 0 Å². The number of para-hydroxylation sites is 1. The molecule has 2 rings (SSSR count). The van der Waals surface area contributed by atoms with Gasteiger partial charge < -0.3 is 5.32 Å². The molecular formula is C15H16ClN3O2. The van der Waals surface area contributed by atoms with E-state index in [0.29, 0.717) is 22.0 Å². The molecule has 0 aliphatic rings. The first-order chi connectivity index (χ1) is 9.90. The van der Waals surface area contributed by atoms with Gasteiger partial charge >= 0.3 is 0 Å². The SMILES string of the molecule is CC(=O)c1ccccc1NC(=O)Cn1nc(C)c(Cl)c1C. The number of nitrogens with one attached hydrogen (secondary N) is 1. The molecule has 1 aromatic carbocycles. The van der Waals surface area contributed by atoms with E-state index >= 15 is 0 Å². The third-order valence-corrected chi connectivity index (χ3v) is 3.71. The van der Waals surface area contributed by atoms with Crippen LogP contribution >= 0.6 is 11.6 Å². The summed E-state index contributed by atoms with van der Waals surface area (Å²) in [7, 11) is 0. The van der Waals surface area contributed by atoms with Crippen LogP contribution in [-0.4, -0.2) is 21.5 Å². The van der Waals surface area contributed by atoms with Crippen LogP contribution in [0.4, 0.5) is 5.69 Å². The number of amides is 1. The summed E-state index contributed by atoms with van der Waals surface area (Å²) < 4.78 is 1.55. The molecule has 0 saturated heterocycles. The van der Waals surface area contributed by atoms with E-state index < -0.39 is 0 Å². The molecule has 0 fully saturated rings. The molecular weight excluding hydrogens is 290 g/mol. The fourth-order valence-corrected chi connectivity index (χ4v) is 2.19. The number of aryl methyl sites for hydroxylation is 1. The van der Waals surface area contributed by atoms with E-state index in [-0.39, 0.29) is 18.2 Å². The van der Waals surface area contributed by atoms with E-state index in [1.807, 2.05) is 0 Å². The average molecular weight is 306 g/mol. The predicted molar refractivity (Wildman–Crippen MR) is 81.8 cm³/mol. The van der Waals surface area contributed by atoms with Gasteiger partial charge in [0.1, 0.15) is 6.54 Å². The van der Waals surface area contributed by atoms with Gasteiger partial charge in [0.25, 0.3) is 0 Å². The standard InChI is InChI=1S/C15H16ClN3O2/c1-9-15(16)10(2)19(18-9)8-14(21)17-13-7-5-4-6-12(13)11(3)20/h4-7H,8H2,1-3H3,(H,17,21). The number of carbonyl (C=O) groups is 2. The van der Waals surface area contributed by atoms with Crippen molar-refractivity contribution in [3.63, 3.8) is 0 Å². The number of rotatable bonds is 4. The number of carbonyl (C=O) groups excluding carboxylic acids is 2. The molecule has 0 atom stereocenters. The summed E-state index contributed by atoms with van der Waals surface area (Å²) in [5.41, 5.74) is 2.41. The molecule has 1 amide bonds. The van der Waals surface area contributed by atoms with Gasteiger partial charge in [-0.05, 0) is 32.9 Å². The van der Waals surface area contributed by atoms with Gasteiger partial charge in [-0.15, -0.1) is 0 Å². The van der Waals surface area contributed by atoms with Gasteiger partial charge in [-0.1, -0.05) is 23.7 Å². The van der Waals surface area contributed by atoms with E-state index in [1.165, 1.54) is 6.92 Å². The van der Waals surface area contributed by atoms with Crippen LogP contribution in [0.2, 0.25) is 5.02 Å². The topological polar surface area (TPSA) is 64.0 Å². The molecule has 1 heterocycles. The Morgan fingerprint density at radius 3 is 2.52 bits per heavy atom. The monoisotopic (exact) mass is 305 g/mol. The molecule has 5 nitrogen and oxygen atoms in total. The maximum atomic E-state index is 12.1. The molecule has 0 unspecified atom stereocenters. The van der Waals surface area contributed by atoms with Crippen LogP contribution in [0, 0.1) is 13.8 Å². The van der Waals surface area contributed by atoms with Crippen molar-refractivity contribution >= 4 is 29.0 Å². The largest absolute Gasteiger partial charge is 0.324 e. The highest BCUT2D eigenvalue weighted by Gasteiger charge is 2.14. The van der Waals surface area contributed by atoms with Crippen LogP contribution in [0.1, 0.15) is 28.7 Å². The fraction of sp³-hybridized carbons (Fsp3) is 0.267. The third kappa shape index (κ3) is 3.31. The number of aromatic nitrogens is 2. The van der Waals surface area contributed by atoms with Gasteiger partial charge in [-0.25, -0.2) is 0 Å². The van der Waals surface area contributed by atoms with Crippen LogP contribution in [0.15, 0.2) is 24.3 Å². The third-order valence-electron chi connectivity index (χ3n) is 3.17. The molecule has 0 radical (unpaired) electrons. The molecule has 6 heteroatoms. The van der Waals surface area contributed by atoms with Crippen molar-refractivity contribution < 1.29 is 9.59 Å². The highest BCUT2D eigenvalue weighted by Crippen LogP contribution is 2.19. The molecule has 0 aliphatic carbocycles. The van der Waals surface area contributed by atoms with E-state index in [1.54, 1.807) is 42.8 Å². The Labute approximate surface area is 127 Å². The predicted octanol–water partition coefficient (Wildman–Crippen LogP) is 2.99. The van der Waals surface area contributed by atoms with Crippen molar-refractivity contribution in [3.05, 3.63) is 46.2 Å². The zero-order valence-corrected chi connectivity index (χ0v) is 12.9. The molecule has 1 N–H and O–H groups in total. The number of hydrogen-bond acceptors (Lipinski definition) is 3. The number of benzene rings is 1. The van der Waals surface area contributed by atoms with Crippen LogP contribution < -0.4 is 5.32 Å². The molecule has 21 heavy (non-hydrogen) atoms. The Morgan fingerprint density at radius 1 is 1.29 bits per heavy atom. The second-order valence-corrected chi connectivity index (χ2v) is 5.17. The Balaban J connectivity index is 2.16. The number of hydrogen-bond donors (Lipinski definition) is 1. The molecule has 2 aromatic rings. The first-order valence-corrected chi connectivity index (χ1v) is 6.87. The van der Waals surface area contributed by atoms with Crippen LogP contribution in [0.5, 0.6) is 0 Å². The minimum atomic E-state index is -0.258. The zero-order chi connectivity index (χ0) is 15.6. The van der Waals surface area contributed by atoms with Gasteiger partial charge in [-0.3, -0.25) is 14.3 Å². The quantitative estimate of drug-likeness (QED) is 0.883. The molecule has 0 bridgehead atoms. The second kappa shape index (κ2) is 6.10. The van der Waals surface area contributed by atoms with Crippen molar-refractivity contribution in [2.75, 3.05) is 5.32 Å². The highest BCUT2D eigenvalue weighted by atomic mass is 35.5. The first kappa shape index (κ1) is 15.3. The Kier molecular flexibility index (Phi) is 4.43. The summed E-state index contributed by atoms with van der Waals surface area (Å²) in [6.07, 6.45) is 0. The lowest BCUT2D eigenvalue weighted by Gasteiger charge is -2.09. The number of anilines is 1. The van der Waals surface area contributed by atoms with E-state index in [0.717, 1.165) is 5.69 Å². The maximum Gasteiger partial charge on any atom is 0.246 e. The molecule has 110 valence electrons. The summed E-state index contributed by atoms with van der Waals surface area (Å²) in [6.45, 7) is 5.10. The maximum absolute atomic E-state index is 12.1. The Hall–Kier alpha value is -2.14. The Morgan fingerprint density at radius 2 is 1.95 bits per heavy atom. The highest BCUT2D eigenvalue weighted by molar-refractivity contribution is 6.31. The first-order valence-electron chi connectivity index (χ1n) is 6.49. The summed E-state index contributed by atoms with van der Waals surface area (Å²) in [5, 5.41) is 7.50. The second-order valence-electron chi connectivity index (χ2n) is 4.79. The van der Waals surface area contributed by atoms with E-state index in [4.69, 9.17) is 11.6 Å². The van der Waals surface area contributed by atoms with Gasteiger partial charge in [0.15, 0.2) is 5.78 Å². The smallest absolute Gasteiger partial charge is 0.246 e. The van der Waals surface area contributed by atoms with Crippen LogP contribution in [0.25, 0.3) is 0 Å². The lowest BCUT2D eigenvalue weighted by Crippen LogP contribution is -2.21. The Bertz CT molecular complexity index is 707. The van der Waals surface area contributed by atoms with E-state index in [9.17, 15) is 9.59 Å². The lowest BCUT2D eigenvalue weighted by atomic mass is 10.1. The van der Waals surface area contributed by atoms with Gasteiger partial charge in [-0.2, -0.15) is 5.10 Å². The minimum absolute atomic E-state index is 0.0473. The molecule has 0 aliphatic heterocycles. The van der Waals surface area contributed by atoms with Crippen molar-refractivity contribution in [3.8, 4) is 0 Å². The van der Waals surface area contributed by atoms with Gasteiger partial charge in [0.2, 0.25) is 5.91 Å². The summed E-state index contributed by atoms with van der Waals surface area (Å²) >= 11 is 6.05. The number of halogens is 1. The fourth-order valence-electron chi connectivity index (χ4n) is 2.05. The number of Topliss-reactive ketones (excluding diaryl/α,β-unsaturated/α-hetero) is 1. The summed E-state index contributed by atoms with van der Waals surface area (Å²) in [4.78, 5) is 23.6. The van der Waals surface area contributed by atoms with Crippen molar-refractivity contribution in [1.29, 1.82) is 0 Å².